The molecule has 18 heavy (non-hydrogen) atoms. The molecule has 0 bridgehead atoms. The number of likely N-dealkylation sites (tertiary alicyclic amines) is 1. The minimum Gasteiger partial charge on any atom is -0.481 e. The van der Waals surface area contributed by atoms with Crippen LogP contribution in [0.2, 0.25) is 5.02 Å². The van der Waals surface area contributed by atoms with Crippen molar-refractivity contribution < 1.29 is 9.90 Å². The summed E-state index contributed by atoms with van der Waals surface area (Å²) in [5.74, 6) is -0.978. The van der Waals surface area contributed by atoms with Crippen molar-refractivity contribution >= 4 is 17.6 Å². The van der Waals surface area contributed by atoms with Crippen molar-refractivity contribution in [2.75, 3.05) is 13.1 Å². The quantitative estimate of drug-likeness (QED) is 0.916. The van der Waals surface area contributed by atoms with Gasteiger partial charge in [0.15, 0.2) is 0 Å². The standard InChI is InChI=1S/C14H18ClNO2/c1-9(2)16-7-12(13(8-16)14(17)18)10-3-5-11(15)6-4-10/h3-6,9,12-13H,7-8H2,1-2H3,(H,17,18)/t12-,13+/m1/s1. The van der Waals surface area contributed by atoms with E-state index in [1.807, 2.05) is 24.3 Å². The minimum absolute atomic E-state index is 0.0576. The Hall–Kier alpha value is -1.06. The molecule has 0 aliphatic carbocycles. The molecule has 0 radical (unpaired) electrons. The van der Waals surface area contributed by atoms with E-state index in [0.29, 0.717) is 17.6 Å². The lowest BCUT2D eigenvalue weighted by molar-refractivity contribution is -0.141. The summed E-state index contributed by atoms with van der Waals surface area (Å²) >= 11 is 5.87. The second kappa shape index (κ2) is 5.29. The highest BCUT2D eigenvalue weighted by Gasteiger charge is 2.39. The molecule has 0 spiro atoms. The van der Waals surface area contributed by atoms with E-state index in [2.05, 4.69) is 18.7 Å². The highest BCUT2D eigenvalue weighted by atomic mass is 35.5. The maximum atomic E-state index is 11.4. The number of benzene rings is 1. The Morgan fingerprint density at radius 3 is 2.44 bits per heavy atom. The zero-order chi connectivity index (χ0) is 13.3. The van der Waals surface area contributed by atoms with Crippen LogP contribution in [0.4, 0.5) is 0 Å². The van der Waals surface area contributed by atoms with Crippen molar-refractivity contribution in [1.29, 1.82) is 0 Å². The average Bonchev–Trinajstić information content (AvgIpc) is 2.75. The van der Waals surface area contributed by atoms with Crippen LogP contribution in [0, 0.1) is 5.92 Å². The monoisotopic (exact) mass is 267 g/mol. The van der Waals surface area contributed by atoms with Gasteiger partial charge in [-0.05, 0) is 31.5 Å². The molecule has 0 amide bonds. The van der Waals surface area contributed by atoms with Crippen LogP contribution < -0.4 is 0 Å². The van der Waals surface area contributed by atoms with Gasteiger partial charge in [-0.15, -0.1) is 0 Å². The molecule has 1 fully saturated rings. The van der Waals surface area contributed by atoms with Crippen LogP contribution in [0.5, 0.6) is 0 Å². The van der Waals surface area contributed by atoms with Gasteiger partial charge in [0.2, 0.25) is 0 Å². The molecule has 1 saturated heterocycles. The highest BCUT2D eigenvalue weighted by Crippen LogP contribution is 2.34. The van der Waals surface area contributed by atoms with Crippen LogP contribution in [0.15, 0.2) is 24.3 Å². The van der Waals surface area contributed by atoms with Gasteiger partial charge in [-0.2, -0.15) is 0 Å². The molecule has 0 unspecified atom stereocenters. The average molecular weight is 268 g/mol. The first-order valence-corrected chi connectivity index (χ1v) is 6.59. The Bertz CT molecular complexity index is 430. The third-order valence-corrected chi connectivity index (χ3v) is 3.95. The third-order valence-electron chi connectivity index (χ3n) is 3.69. The van der Waals surface area contributed by atoms with Crippen LogP contribution >= 0.6 is 11.6 Å². The molecule has 3 nitrogen and oxygen atoms in total. The number of rotatable bonds is 3. The number of aliphatic carboxylic acids is 1. The van der Waals surface area contributed by atoms with Gasteiger partial charge in [0.05, 0.1) is 5.92 Å². The van der Waals surface area contributed by atoms with Crippen LogP contribution in [-0.2, 0) is 4.79 Å². The zero-order valence-electron chi connectivity index (χ0n) is 10.6. The maximum Gasteiger partial charge on any atom is 0.308 e. The molecule has 1 aromatic carbocycles. The van der Waals surface area contributed by atoms with Gasteiger partial charge >= 0.3 is 5.97 Å². The number of nitrogens with zero attached hydrogens (tertiary/aromatic N) is 1. The van der Waals surface area contributed by atoms with Crippen molar-refractivity contribution in [3.8, 4) is 0 Å². The Morgan fingerprint density at radius 2 is 1.94 bits per heavy atom. The fraction of sp³-hybridized carbons (Fsp3) is 0.500. The normalized spacial score (nSPS) is 24.7. The van der Waals surface area contributed by atoms with Gasteiger partial charge in [-0.1, -0.05) is 23.7 Å². The molecule has 2 rings (SSSR count). The van der Waals surface area contributed by atoms with E-state index in [1.54, 1.807) is 0 Å². The molecule has 4 heteroatoms. The van der Waals surface area contributed by atoms with Gasteiger partial charge < -0.3 is 5.11 Å². The van der Waals surface area contributed by atoms with Gasteiger partial charge in [0.25, 0.3) is 0 Å². The van der Waals surface area contributed by atoms with Gasteiger partial charge in [0, 0.05) is 30.1 Å². The molecular weight excluding hydrogens is 250 g/mol. The molecule has 98 valence electrons. The molecule has 1 aromatic rings. The molecule has 1 aliphatic heterocycles. The predicted octanol–water partition coefficient (Wildman–Crippen LogP) is 2.85. The summed E-state index contributed by atoms with van der Waals surface area (Å²) < 4.78 is 0. The summed E-state index contributed by atoms with van der Waals surface area (Å²) in [6.45, 7) is 5.63. The highest BCUT2D eigenvalue weighted by molar-refractivity contribution is 6.30. The molecule has 2 atom stereocenters. The van der Waals surface area contributed by atoms with Crippen LogP contribution in [0.1, 0.15) is 25.3 Å². The number of halogens is 1. The van der Waals surface area contributed by atoms with Crippen LogP contribution in [-0.4, -0.2) is 35.1 Å². The molecule has 1 heterocycles. The molecule has 0 saturated carbocycles. The number of hydrogen-bond donors (Lipinski definition) is 1. The van der Waals surface area contributed by atoms with Crippen molar-refractivity contribution in [1.82, 2.24) is 4.90 Å². The lowest BCUT2D eigenvalue weighted by Gasteiger charge is -2.20. The van der Waals surface area contributed by atoms with E-state index in [1.165, 1.54) is 0 Å². The van der Waals surface area contributed by atoms with E-state index >= 15 is 0 Å². The molecule has 1 N–H and O–H groups in total. The van der Waals surface area contributed by atoms with E-state index in [9.17, 15) is 9.90 Å². The van der Waals surface area contributed by atoms with Gasteiger partial charge in [-0.25, -0.2) is 0 Å². The summed E-state index contributed by atoms with van der Waals surface area (Å²) in [5.41, 5.74) is 1.06. The topological polar surface area (TPSA) is 40.5 Å². The largest absolute Gasteiger partial charge is 0.481 e. The Labute approximate surface area is 112 Å². The van der Waals surface area contributed by atoms with Crippen LogP contribution in [0.25, 0.3) is 0 Å². The fourth-order valence-electron chi connectivity index (χ4n) is 2.55. The van der Waals surface area contributed by atoms with Crippen LogP contribution in [0.3, 0.4) is 0 Å². The third kappa shape index (κ3) is 2.68. The maximum absolute atomic E-state index is 11.4. The second-order valence-electron chi connectivity index (χ2n) is 5.15. The second-order valence-corrected chi connectivity index (χ2v) is 5.59. The van der Waals surface area contributed by atoms with Crippen molar-refractivity contribution in [2.45, 2.75) is 25.8 Å². The lowest BCUT2D eigenvalue weighted by atomic mass is 9.89. The number of carbonyl (C=O) groups is 1. The van der Waals surface area contributed by atoms with Gasteiger partial charge in [-0.3, -0.25) is 9.69 Å². The zero-order valence-corrected chi connectivity index (χ0v) is 11.4. The smallest absolute Gasteiger partial charge is 0.308 e. The van der Waals surface area contributed by atoms with Gasteiger partial charge in [0.1, 0.15) is 0 Å². The molecule has 1 aliphatic rings. The number of carboxylic acids is 1. The SMILES string of the molecule is CC(C)N1C[C@H](C(=O)O)[C@@H](c2ccc(Cl)cc2)C1. The Balaban J connectivity index is 2.24. The predicted molar refractivity (Wildman–Crippen MR) is 72.0 cm³/mol. The van der Waals surface area contributed by atoms with E-state index in [4.69, 9.17) is 11.6 Å². The first-order chi connectivity index (χ1) is 8.49. The molecular formula is C14H18ClNO2. The summed E-state index contributed by atoms with van der Waals surface area (Å²) in [6, 6.07) is 7.91. The van der Waals surface area contributed by atoms with Crippen molar-refractivity contribution in [2.24, 2.45) is 5.92 Å². The van der Waals surface area contributed by atoms with E-state index in [-0.39, 0.29) is 11.8 Å². The number of hydrogen-bond acceptors (Lipinski definition) is 2. The van der Waals surface area contributed by atoms with Crippen molar-refractivity contribution in [3.63, 3.8) is 0 Å². The first kappa shape index (κ1) is 13.4. The summed E-state index contributed by atoms with van der Waals surface area (Å²) in [6.07, 6.45) is 0. The summed E-state index contributed by atoms with van der Waals surface area (Å²) in [4.78, 5) is 13.6. The summed E-state index contributed by atoms with van der Waals surface area (Å²) in [7, 11) is 0. The summed E-state index contributed by atoms with van der Waals surface area (Å²) in [5, 5.41) is 10.0. The van der Waals surface area contributed by atoms with E-state index < -0.39 is 5.97 Å². The Morgan fingerprint density at radius 1 is 1.33 bits per heavy atom. The number of carboxylic acid groups (broad SMARTS) is 1. The Kier molecular flexibility index (Phi) is 3.93. The first-order valence-electron chi connectivity index (χ1n) is 6.21. The molecule has 0 aromatic heterocycles. The minimum atomic E-state index is -0.710. The van der Waals surface area contributed by atoms with Crippen molar-refractivity contribution in [3.05, 3.63) is 34.9 Å². The van der Waals surface area contributed by atoms with E-state index in [0.717, 1.165) is 12.1 Å². The lowest BCUT2D eigenvalue weighted by Crippen LogP contribution is -2.29. The fourth-order valence-corrected chi connectivity index (χ4v) is 2.68.